The number of carboxylic acids is 1. The van der Waals surface area contributed by atoms with Crippen LogP contribution in [0.4, 0.5) is 4.39 Å². The minimum atomic E-state index is -3.74. The van der Waals surface area contributed by atoms with Gasteiger partial charge in [-0.1, -0.05) is 12.1 Å². The molecule has 0 fully saturated rings. The Morgan fingerprint density at radius 3 is 2.62 bits per heavy atom. The van der Waals surface area contributed by atoms with Gasteiger partial charge in [-0.05, 0) is 36.8 Å². The minimum Gasteiger partial charge on any atom is -0.480 e. The third kappa shape index (κ3) is 3.04. The number of hydrogen-bond donors (Lipinski definition) is 1. The number of carbonyl (C=O) groups is 1. The molecule has 0 saturated heterocycles. The zero-order valence-electron chi connectivity index (χ0n) is 17.2. The lowest BCUT2D eigenvalue weighted by Gasteiger charge is -2.08. The standard InChI is InChI=1S/C23H18FN3O4S/c1-13-23(18-8-16(24)4-6-20(18)27(13)11-22(28)29)19-12-32(30,31)21-7-14(3-5-17(19)21)15-9-25-26(2)10-15/h3-10,12H,11H2,1-2H3,(H,28,29). The normalized spacial score (nSPS) is 14.5. The maximum atomic E-state index is 14.1. The Morgan fingerprint density at radius 2 is 1.94 bits per heavy atom. The number of aliphatic carboxylic acids is 1. The van der Waals surface area contributed by atoms with Crippen LogP contribution in [0.25, 0.3) is 27.6 Å². The van der Waals surface area contributed by atoms with E-state index in [0.717, 1.165) is 5.56 Å². The molecule has 32 heavy (non-hydrogen) atoms. The monoisotopic (exact) mass is 451 g/mol. The second-order valence-electron chi connectivity index (χ2n) is 7.79. The number of nitrogens with zero attached hydrogens (tertiary/aromatic N) is 3. The molecule has 1 N–H and O–H groups in total. The van der Waals surface area contributed by atoms with Crippen molar-refractivity contribution in [1.29, 1.82) is 0 Å². The molecule has 3 heterocycles. The first-order valence-corrected chi connectivity index (χ1v) is 11.3. The Bertz CT molecular complexity index is 1580. The SMILES string of the molecule is Cc1c(C2=CS(=O)(=O)c3cc(-c4cnn(C)c4)ccc32)c2cc(F)ccc2n1CC(=O)O. The average molecular weight is 451 g/mol. The van der Waals surface area contributed by atoms with Crippen LogP contribution in [0, 0.1) is 12.7 Å². The summed E-state index contributed by atoms with van der Waals surface area (Å²) in [6.45, 7) is 1.40. The van der Waals surface area contributed by atoms with Crippen LogP contribution in [0.3, 0.4) is 0 Å². The van der Waals surface area contributed by atoms with E-state index < -0.39 is 21.6 Å². The summed E-state index contributed by atoms with van der Waals surface area (Å²) in [6, 6.07) is 9.24. The number of carboxylic acid groups (broad SMARTS) is 1. The van der Waals surface area contributed by atoms with Crippen LogP contribution in [0.2, 0.25) is 0 Å². The van der Waals surface area contributed by atoms with Crippen LogP contribution in [-0.4, -0.2) is 33.8 Å². The zero-order chi connectivity index (χ0) is 22.8. The van der Waals surface area contributed by atoms with Crippen LogP contribution >= 0.6 is 0 Å². The first kappa shape index (κ1) is 20.2. The molecule has 1 aliphatic heterocycles. The van der Waals surface area contributed by atoms with Gasteiger partial charge in [-0.15, -0.1) is 0 Å². The van der Waals surface area contributed by atoms with Gasteiger partial charge in [-0.2, -0.15) is 5.10 Å². The molecule has 0 bridgehead atoms. The van der Waals surface area contributed by atoms with Crippen LogP contribution < -0.4 is 0 Å². The van der Waals surface area contributed by atoms with Crippen molar-refractivity contribution >= 4 is 32.3 Å². The van der Waals surface area contributed by atoms with Gasteiger partial charge in [0.15, 0.2) is 0 Å². The highest BCUT2D eigenvalue weighted by Crippen LogP contribution is 2.43. The fraction of sp³-hybridized carbons (Fsp3) is 0.130. The Balaban J connectivity index is 1.75. The summed E-state index contributed by atoms with van der Waals surface area (Å²) in [5, 5.41) is 15.1. The summed E-state index contributed by atoms with van der Waals surface area (Å²) in [5.74, 6) is -1.53. The molecule has 0 unspecified atom stereocenters. The van der Waals surface area contributed by atoms with Crippen molar-refractivity contribution in [2.45, 2.75) is 18.4 Å². The highest BCUT2D eigenvalue weighted by Gasteiger charge is 2.31. The van der Waals surface area contributed by atoms with Gasteiger partial charge < -0.3 is 9.67 Å². The van der Waals surface area contributed by atoms with Crippen LogP contribution in [0.15, 0.2) is 59.1 Å². The largest absolute Gasteiger partial charge is 0.480 e. The molecule has 2 aromatic heterocycles. The van der Waals surface area contributed by atoms with Gasteiger partial charge >= 0.3 is 5.97 Å². The molecule has 9 heteroatoms. The van der Waals surface area contributed by atoms with E-state index in [1.165, 1.54) is 23.6 Å². The fourth-order valence-electron chi connectivity index (χ4n) is 4.34. The van der Waals surface area contributed by atoms with E-state index in [0.29, 0.717) is 38.9 Å². The average Bonchev–Trinajstić information content (AvgIpc) is 3.35. The van der Waals surface area contributed by atoms with Crippen LogP contribution in [0.1, 0.15) is 16.8 Å². The molecule has 0 radical (unpaired) electrons. The van der Waals surface area contributed by atoms with E-state index in [9.17, 15) is 22.7 Å². The number of rotatable bonds is 4. The molecule has 0 amide bonds. The predicted octanol–water partition coefficient (Wildman–Crippen LogP) is 3.75. The van der Waals surface area contributed by atoms with Gasteiger partial charge in [0.2, 0.25) is 9.84 Å². The van der Waals surface area contributed by atoms with Crippen molar-refractivity contribution < 1.29 is 22.7 Å². The minimum absolute atomic E-state index is 0.156. The summed E-state index contributed by atoms with van der Waals surface area (Å²) in [6.07, 6.45) is 3.45. The third-order valence-corrected chi connectivity index (χ3v) is 7.23. The number of fused-ring (bicyclic) bond motifs is 2. The Hall–Kier alpha value is -3.72. The van der Waals surface area contributed by atoms with Crippen molar-refractivity contribution in [2.24, 2.45) is 7.05 Å². The topological polar surface area (TPSA) is 94.2 Å². The van der Waals surface area contributed by atoms with Gasteiger partial charge in [0.25, 0.3) is 0 Å². The van der Waals surface area contributed by atoms with Crippen molar-refractivity contribution in [2.75, 3.05) is 0 Å². The maximum Gasteiger partial charge on any atom is 0.323 e. The lowest BCUT2D eigenvalue weighted by atomic mass is 9.95. The van der Waals surface area contributed by atoms with Gasteiger partial charge in [0.05, 0.1) is 11.1 Å². The molecule has 162 valence electrons. The first-order chi connectivity index (χ1) is 15.2. The van der Waals surface area contributed by atoms with Gasteiger partial charge in [0, 0.05) is 57.5 Å². The van der Waals surface area contributed by atoms with Gasteiger partial charge in [-0.25, -0.2) is 12.8 Å². The molecular formula is C23H18FN3O4S. The molecule has 0 spiro atoms. The summed E-state index contributed by atoms with van der Waals surface area (Å²) in [7, 11) is -1.96. The van der Waals surface area contributed by atoms with E-state index in [2.05, 4.69) is 5.10 Å². The van der Waals surface area contributed by atoms with E-state index in [1.807, 2.05) is 6.07 Å². The van der Waals surface area contributed by atoms with Crippen molar-refractivity contribution in [1.82, 2.24) is 14.3 Å². The highest BCUT2D eigenvalue weighted by atomic mass is 32.2. The third-order valence-electron chi connectivity index (χ3n) is 5.74. The number of benzene rings is 2. The molecule has 0 atom stereocenters. The molecule has 5 rings (SSSR count). The van der Waals surface area contributed by atoms with Crippen molar-refractivity contribution in [3.8, 4) is 11.1 Å². The van der Waals surface area contributed by atoms with Gasteiger partial charge in [-0.3, -0.25) is 9.48 Å². The van der Waals surface area contributed by atoms with Crippen LogP contribution in [0.5, 0.6) is 0 Å². The molecule has 4 aromatic rings. The number of aromatic nitrogens is 3. The quantitative estimate of drug-likeness (QED) is 0.510. The predicted molar refractivity (Wildman–Crippen MR) is 117 cm³/mol. The lowest BCUT2D eigenvalue weighted by Crippen LogP contribution is -2.10. The molecule has 0 aliphatic carbocycles. The Kier molecular flexibility index (Phi) is 4.35. The summed E-state index contributed by atoms with van der Waals surface area (Å²) >= 11 is 0. The zero-order valence-corrected chi connectivity index (χ0v) is 18.0. The van der Waals surface area contributed by atoms with Crippen molar-refractivity contribution in [3.05, 3.63) is 76.8 Å². The second-order valence-corrected chi connectivity index (χ2v) is 9.56. The van der Waals surface area contributed by atoms with E-state index in [-0.39, 0.29) is 11.4 Å². The van der Waals surface area contributed by atoms with E-state index >= 15 is 0 Å². The van der Waals surface area contributed by atoms with E-state index in [4.69, 9.17) is 0 Å². The second kappa shape index (κ2) is 6.89. The summed E-state index contributed by atoms with van der Waals surface area (Å²) in [5.41, 5.74) is 4.02. The maximum absolute atomic E-state index is 14.1. The molecular weight excluding hydrogens is 433 g/mol. The first-order valence-electron chi connectivity index (χ1n) is 9.76. The van der Waals surface area contributed by atoms with Gasteiger partial charge in [0.1, 0.15) is 12.4 Å². The highest BCUT2D eigenvalue weighted by molar-refractivity contribution is 7.95. The molecule has 1 aliphatic rings. The number of sulfone groups is 1. The Morgan fingerprint density at radius 1 is 1.16 bits per heavy atom. The molecule has 0 saturated carbocycles. The van der Waals surface area contributed by atoms with Crippen LogP contribution in [-0.2, 0) is 28.2 Å². The fourth-order valence-corrected chi connectivity index (χ4v) is 5.80. The van der Waals surface area contributed by atoms with Crippen molar-refractivity contribution in [3.63, 3.8) is 0 Å². The summed E-state index contributed by atoms with van der Waals surface area (Å²) < 4.78 is 43.4. The Labute approximate surface area is 182 Å². The smallest absolute Gasteiger partial charge is 0.323 e. The lowest BCUT2D eigenvalue weighted by molar-refractivity contribution is -0.137. The number of halogens is 1. The number of aryl methyl sites for hydroxylation is 1. The van der Waals surface area contributed by atoms with E-state index in [1.54, 1.807) is 47.7 Å². The number of hydrogen-bond acceptors (Lipinski definition) is 4. The molecule has 7 nitrogen and oxygen atoms in total. The molecule has 2 aromatic carbocycles. The summed E-state index contributed by atoms with van der Waals surface area (Å²) in [4.78, 5) is 11.6.